The molecule has 8 heteroatoms. The highest BCUT2D eigenvalue weighted by Gasteiger charge is 2.11. The van der Waals surface area contributed by atoms with Crippen LogP contribution in [0.25, 0.3) is 10.2 Å². The van der Waals surface area contributed by atoms with Crippen LogP contribution in [-0.4, -0.2) is 15.9 Å². The van der Waals surface area contributed by atoms with Crippen molar-refractivity contribution in [2.24, 2.45) is 0 Å². The third-order valence-electron chi connectivity index (χ3n) is 2.83. The van der Waals surface area contributed by atoms with Crippen molar-refractivity contribution < 1.29 is 9.72 Å². The Morgan fingerprint density at radius 2 is 1.91 bits per heavy atom. The van der Waals surface area contributed by atoms with Gasteiger partial charge in [-0.3, -0.25) is 15.4 Å². The molecule has 1 aromatic heterocycles. The molecule has 7 nitrogen and oxygen atoms in total. The number of urea groups is 1. The lowest BCUT2D eigenvalue weighted by Crippen LogP contribution is -2.19. The SMILES string of the molecule is O=C(Nc1ccccc1)Nc1nc2ccc([N+](=O)[O-])cc2s1. The van der Waals surface area contributed by atoms with Gasteiger partial charge in [-0.1, -0.05) is 29.5 Å². The molecule has 0 bridgehead atoms. The highest BCUT2D eigenvalue weighted by atomic mass is 32.1. The maximum atomic E-state index is 11.9. The maximum absolute atomic E-state index is 11.9. The lowest BCUT2D eigenvalue weighted by atomic mass is 10.3. The van der Waals surface area contributed by atoms with Crippen LogP contribution in [-0.2, 0) is 0 Å². The highest BCUT2D eigenvalue weighted by molar-refractivity contribution is 7.22. The van der Waals surface area contributed by atoms with Crippen LogP contribution in [0.3, 0.4) is 0 Å². The molecule has 0 aliphatic heterocycles. The fraction of sp³-hybridized carbons (Fsp3) is 0. The standard InChI is InChI=1S/C14H10N4O3S/c19-13(15-9-4-2-1-3-5-9)17-14-16-11-7-6-10(18(20)21)8-12(11)22-14/h1-8H,(H2,15,16,17,19). The van der Waals surface area contributed by atoms with Crippen molar-refractivity contribution in [2.75, 3.05) is 10.6 Å². The summed E-state index contributed by atoms with van der Waals surface area (Å²) < 4.78 is 0.643. The molecule has 0 atom stereocenters. The molecule has 0 unspecified atom stereocenters. The molecule has 22 heavy (non-hydrogen) atoms. The van der Waals surface area contributed by atoms with E-state index in [4.69, 9.17) is 0 Å². The smallest absolute Gasteiger partial charge is 0.308 e. The van der Waals surface area contributed by atoms with E-state index < -0.39 is 11.0 Å². The summed E-state index contributed by atoms with van der Waals surface area (Å²) >= 11 is 1.18. The van der Waals surface area contributed by atoms with E-state index >= 15 is 0 Å². The summed E-state index contributed by atoms with van der Waals surface area (Å²) in [4.78, 5) is 26.4. The molecule has 0 aliphatic rings. The fourth-order valence-electron chi connectivity index (χ4n) is 1.86. The van der Waals surface area contributed by atoms with E-state index in [9.17, 15) is 14.9 Å². The number of para-hydroxylation sites is 1. The molecule has 3 rings (SSSR count). The molecule has 2 aromatic carbocycles. The molecule has 2 amide bonds. The predicted molar refractivity (Wildman–Crippen MR) is 85.4 cm³/mol. The molecule has 3 aromatic rings. The second-order valence-electron chi connectivity index (χ2n) is 4.37. The molecule has 0 fully saturated rings. The van der Waals surface area contributed by atoms with Crippen LogP contribution in [0.1, 0.15) is 0 Å². The fourth-order valence-corrected chi connectivity index (χ4v) is 2.76. The summed E-state index contributed by atoms with van der Waals surface area (Å²) in [5, 5.41) is 16.4. The topological polar surface area (TPSA) is 97.2 Å². The zero-order valence-electron chi connectivity index (χ0n) is 11.1. The van der Waals surface area contributed by atoms with Crippen LogP contribution in [0, 0.1) is 10.1 Å². The minimum atomic E-state index is -0.464. The Morgan fingerprint density at radius 1 is 1.14 bits per heavy atom. The lowest BCUT2D eigenvalue weighted by Gasteiger charge is -2.04. The number of fused-ring (bicyclic) bond motifs is 1. The van der Waals surface area contributed by atoms with Gasteiger partial charge < -0.3 is 5.32 Å². The molecule has 1 heterocycles. The van der Waals surface area contributed by atoms with Gasteiger partial charge in [0.1, 0.15) is 0 Å². The Labute approximate surface area is 128 Å². The number of hydrogen-bond acceptors (Lipinski definition) is 5. The van der Waals surface area contributed by atoms with Gasteiger partial charge in [0.25, 0.3) is 5.69 Å². The first-order chi connectivity index (χ1) is 10.6. The number of carbonyl (C=O) groups excluding carboxylic acids is 1. The molecule has 0 saturated heterocycles. The second kappa shape index (κ2) is 5.78. The third-order valence-corrected chi connectivity index (χ3v) is 3.77. The van der Waals surface area contributed by atoms with E-state index in [0.717, 1.165) is 0 Å². The first kappa shape index (κ1) is 14.0. The monoisotopic (exact) mass is 314 g/mol. The Bertz CT molecular complexity index is 848. The number of amides is 2. The average Bonchev–Trinajstić information content (AvgIpc) is 2.89. The number of nitrogens with one attached hydrogen (secondary N) is 2. The van der Waals surface area contributed by atoms with E-state index in [1.54, 1.807) is 18.2 Å². The summed E-state index contributed by atoms with van der Waals surface area (Å²) in [6, 6.07) is 13.0. The number of thiazole rings is 1. The van der Waals surface area contributed by atoms with Gasteiger partial charge in [-0.15, -0.1) is 0 Å². The summed E-state index contributed by atoms with van der Waals surface area (Å²) in [5.41, 5.74) is 1.26. The molecule has 2 N–H and O–H groups in total. The minimum Gasteiger partial charge on any atom is -0.308 e. The number of hydrogen-bond donors (Lipinski definition) is 2. The Hall–Kier alpha value is -3.00. The lowest BCUT2D eigenvalue weighted by molar-refractivity contribution is -0.384. The zero-order valence-corrected chi connectivity index (χ0v) is 12.0. The molecule has 0 spiro atoms. The van der Waals surface area contributed by atoms with Crippen molar-refractivity contribution in [3.8, 4) is 0 Å². The van der Waals surface area contributed by atoms with Gasteiger partial charge in [0.15, 0.2) is 5.13 Å². The quantitative estimate of drug-likeness (QED) is 0.567. The second-order valence-corrected chi connectivity index (χ2v) is 5.40. The number of benzene rings is 2. The van der Waals surface area contributed by atoms with Gasteiger partial charge in [0.2, 0.25) is 0 Å². The van der Waals surface area contributed by atoms with Crippen LogP contribution in [0.2, 0.25) is 0 Å². The molecule has 0 radical (unpaired) electrons. The van der Waals surface area contributed by atoms with Crippen LogP contribution in [0.15, 0.2) is 48.5 Å². The molecular formula is C14H10N4O3S. The molecule has 110 valence electrons. The van der Waals surface area contributed by atoms with Gasteiger partial charge in [-0.05, 0) is 18.2 Å². The Morgan fingerprint density at radius 3 is 2.64 bits per heavy atom. The largest absolute Gasteiger partial charge is 0.325 e. The van der Waals surface area contributed by atoms with Gasteiger partial charge in [0.05, 0.1) is 15.1 Å². The van der Waals surface area contributed by atoms with E-state index in [0.29, 0.717) is 21.0 Å². The number of nitro groups is 1. The van der Waals surface area contributed by atoms with E-state index in [2.05, 4.69) is 15.6 Å². The minimum absolute atomic E-state index is 0.00330. The third kappa shape index (κ3) is 3.01. The van der Waals surface area contributed by atoms with Crippen molar-refractivity contribution in [1.29, 1.82) is 0 Å². The van der Waals surface area contributed by atoms with Gasteiger partial charge in [-0.2, -0.15) is 0 Å². The van der Waals surface area contributed by atoms with Crippen molar-refractivity contribution >= 4 is 44.1 Å². The van der Waals surface area contributed by atoms with Gasteiger partial charge in [0, 0.05) is 17.8 Å². The first-order valence-corrected chi connectivity index (χ1v) is 7.11. The van der Waals surface area contributed by atoms with Crippen molar-refractivity contribution in [1.82, 2.24) is 4.98 Å². The van der Waals surface area contributed by atoms with Crippen LogP contribution >= 0.6 is 11.3 Å². The summed E-state index contributed by atoms with van der Waals surface area (Å²) in [7, 11) is 0. The molecule has 0 saturated carbocycles. The summed E-state index contributed by atoms with van der Waals surface area (Å²) in [6.45, 7) is 0. The first-order valence-electron chi connectivity index (χ1n) is 6.30. The van der Waals surface area contributed by atoms with Crippen LogP contribution < -0.4 is 10.6 Å². The number of nitro benzene ring substituents is 1. The van der Waals surface area contributed by atoms with Gasteiger partial charge in [-0.25, -0.2) is 9.78 Å². The number of rotatable bonds is 3. The van der Waals surface area contributed by atoms with Crippen molar-refractivity contribution in [2.45, 2.75) is 0 Å². The number of anilines is 2. The summed E-state index contributed by atoms with van der Waals surface area (Å²) in [5.74, 6) is 0. The number of non-ortho nitro benzene ring substituents is 1. The van der Waals surface area contributed by atoms with Crippen molar-refractivity contribution in [3.63, 3.8) is 0 Å². The Balaban J connectivity index is 1.76. The average molecular weight is 314 g/mol. The van der Waals surface area contributed by atoms with E-state index in [1.165, 1.54) is 23.5 Å². The van der Waals surface area contributed by atoms with Crippen molar-refractivity contribution in [3.05, 3.63) is 58.6 Å². The Kier molecular flexibility index (Phi) is 3.67. The maximum Gasteiger partial charge on any atom is 0.325 e. The molecular weight excluding hydrogens is 304 g/mol. The molecule has 0 aliphatic carbocycles. The van der Waals surface area contributed by atoms with E-state index in [-0.39, 0.29) is 5.69 Å². The highest BCUT2D eigenvalue weighted by Crippen LogP contribution is 2.29. The number of aromatic nitrogens is 1. The van der Waals surface area contributed by atoms with Crippen LogP contribution in [0.5, 0.6) is 0 Å². The number of carbonyl (C=O) groups is 1. The predicted octanol–water partition coefficient (Wildman–Crippen LogP) is 3.85. The number of nitrogens with zero attached hydrogens (tertiary/aromatic N) is 2. The summed E-state index contributed by atoms with van der Waals surface area (Å²) in [6.07, 6.45) is 0. The van der Waals surface area contributed by atoms with Crippen LogP contribution in [0.4, 0.5) is 21.3 Å². The zero-order chi connectivity index (χ0) is 15.5. The van der Waals surface area contributed by atoms with Gasteiger partial charge >= 0.3 is 6.03 Å². The normalized spacial score (nSPS) is 10.4. The van der Waals surface area contributed by atoms with E-state index in [1.807, 2.05) is 18.2 Å².